The van der Waals surface area contributed by atoms with Crippen LogP contribution >= 0.6 is 0 Å². The highest BCUT2D eigenvalue weighted by molar-refractivity contribution is 5.95. The Hall–Kier alpha value is -2.58. The van der Waals surface area contributed by atoms with Crippen molar-refractivity contribution in [1.82, 2.24) is 4.90 Å². The molecule has 0 fully saturated rings. The molecule has 1 aromatic carbocycles. The lowest BCUT2D eigenvalue weighted by Gasteiger charge is -2.16. The second kappa shape index (κ2) is 6.04. The van der Waals surface area contributed by atoms with Crippen molar-refractivity contribution in [2.75, 3.05) is 13.6 Å². The van der Waals surface area contributed by atoms with Gasteiger partial charge in [-0.05, 0) is 6.07 Å². The minimum Gasteiger partial charge on any atom is -0.481 e. The van der Waals surface area contributed by atoms with Crippen molar-refractivity contribution in [2.45, 2.75) is 6.42 Å². The first-order valence-corrected chi connectivity index (χ1v) is 5.35. The summed E-state index contributed by atoms with van der Waals surface area (Å²) in [5, 5.41) is 19.0. The Balaban J connectivity index is 3.12. The molecule has 1 N–H and O–H groups in total. The summed E-state index contributed by atoms with van der Waals surface area (Å²) in [6.07, 6.45) is -0.416. The van der Waals surface area contributed by atoms with E-state index in [-0.39, 0.29) is 6.54 Å². The molecule has 0 heterocycles. The van der Waals surface area contributed by atoms with Crippen molar-refractivity contribution in [3.8, 4) is 0 Å². The van der Waals surface area contributed by atoms with Gasteiger partial charge < -0.3 is 10.0 Å². The number of carboxylic acid groups (broad SMARTS) is 1. The molecule has 1 amide bonds. The normalized spacial score (nSPS) is 10.2. The average Bonchev–Trinajstić information content (AvgIpc) is 2.35. The third-order valence-corrected chi connectivity index (χ3v) is 2.49. The number of carbonyl (C=O) groups excluding carboxylic acids is 1. The number of aliphatic carboxylic acids is 1. The molecule has 0 aromatic heterocycles. The van der Waals surface area contributed by atoms with E-state index < -0.39 is 46.1 Å². The van der Waals surface area contributed by atoms with Crippen molar-refractivity contribution in [3.63, 3.8) is 0 Å². The highest BCUT2D eigenvalue weighted by Crippen LogP contribution is 2.24. The van der Waals surface area contributed by atoms with E-state index in [1.54, 1.807) is 0 Å². The Labute approximate surface area is 111 Å². The Morgan fingerprint density at radius 2 is 2.00 bits per heavy atom. The predicted molar refractivity (Wildman–Crippen MR) is 62.2 cm³/mol. The minimum absolute atomic E-state index is 0.282. The zero-order valence-corrected chi connectivity index (χ0v) is 10.3. The summed E-state index contributed by atoms with van der Waals surface area (Å²) in [4.78, 5) is 32.4. The molecule has 9 heteroatoms. The summed E-state index contributed by atoms with van der Waals surface area (Å²) in [7, 11) is 1.14. The maximum atomic E-state index is 13.7. The Morgan fingerprint density at radius 3 is 2.50 bits per heavy atom. The number of nitro benzene ring substituents is 1. The number of rotatable bonds is 5. The molecule has 0 aliphatic heterocycles. The summed E-state index contributed by atoms with van der Waals surface area (Å²) >= 11 is 0. The smallest absolute Gasteiger partial charge is 0.305 e. The molecule has 0 aliphatic rings. The van der Waals surface area contributed by atoms with E-state index >= 15 is 0 Å². The van der Waals surface area contributed by atoms with Crippen molar-refractivity contribution in [3.05, 3.63) is 39.4 Å². The molecule has 7 nitrogen and oxygen atoms in total. The summed E-state index contributed by atoms with van der Waals surface area (Å²) < 4.78 is 27.2. The standard InChI is InChI=1S/C11H10F2N2O5/c1-14(5-4-8(16)17)11(18)9-6(12)2-3-7(10(9)13)15(19)20/h2-3H,4-5H2,1H3,(H,16,17). The van der Waals surface area contributed by atoms with Crippen LogP contribution in [0.3, 0.4) is 0 Å². The van der Waals surface area contributed by atoms with Gasteiger partial charge in [0.25, 0.3) is 5.91 Å². The SMILES string of the molecule is CN(CCC(=O)O)C(=O)c1c(F)ccc([N+](=O)[O-])c1F. The fraction of sp³-hybridized carbons (Fsp3) is 0.273. The second-order valence-electron chi connectivity index (χ2n) is 3.88. The molecule has 0 bridgehead atoms. The van der Waals surface area contributed by atoms with Crippen LogP contribution in [0, 0.1) is 21.7 Å². The largest absolute Gasteiger partial charge is 0.481 e. The van der Waals surface area contributed by atoms with Crippen molar-refractivity contribution < 1.29 is 28.4 Å². The predicted octanol–water partition coefficient (Wildman–Crippen LogP) is 1.42. The van der Waals surface area contributed by atoms with Crippen LogP contribution in [0.15, 0.2) is 12.1 Å². The van der Waals surface area contributed by atoms with E-state index in [0.717, 1.165) is 11.9 Å². The van der Waals surface area contributed by atoms with Crippen LogP contribution in [0.1, 0.15) is 16.8 Å². The van der Waals surface area contributed by atoms with Crippen LogP contribution in [0.5, 0.6) is 0 Å². The maximum Gasteiger partial charge on any atom is 0.305 e. The van der Waals surface area contributed by atoms with Gasteiger partial charge in [0.15, 0.2) is 0 Å². The first-order valence-electron chi connectivity index (χ1n) is 5.35. The topological polar surface area (TPSA) is 101 Å². The Morgan fingerprint density at radius 1 is 1.40 bits per heavy atom. The van der Waals surface area contributed by atoms with Crippen LogP contribution in [0.25, 0.3) is 0 Å². The molecule has 108 valence electrons. The number of carboxylic acids is 1. The number of carbonyl (C=O) groups is 2. The summed E-state index contributed by atoms with van der Waals surface area (Å²) in [6, 6.07) is 1.22. The highest BCUT2D eigenvalue weighted by atomic mass is 19.1. The Kier molecular flexibility index (Phi) is 4.68. The lowest BCUT2D eigenvalue weighted by atomic mass is 10.1. The lowest BCUT2D eigenvalue weighted by molar-refractivity contribution is -0.387. The molecule has 0 saturated carbocycles. The van der Waals surface area contributed by atoms with Crippen LogP contribution in [0.2, 0.25) is 0 Å². The van der Waals surface area contributed by atoms with Crippen molar-refractivity contribution in [1.29, 1.82) is 0 Å². The van der Waals surface area contributed by atoms with Crippen LogP contribution in [-0.4, -0.2) is 40.4 Å². The van der Waals surface area contributed by atoms with Gasteiger partial charge in [-0.2, -0.15) is 4.39 Å². The molecule has 0 radical (unpaired) electrons. The first kappa shape index (κ1) is 15.5. The molecule has 0 saturated heterocycles. The van der Waals surface area contributed by atoms with Gasteiger partial charge in [-0.3, -0.25) is 19.7 Å². The van der Waals surface area contributed by atoms with Gasteiger partial charge in [0.2, 0.25) is 5.82 Å². The maximum absolute atomic E-state index is 13.7. The number of amides is 1. The van der Waals surface area contributed by atoms with Crippen LogP contribution in [-0.2, 0) is 4.79 Å². The minimum atomic E-state index is -1.58. The third-order valence-electron chi connectivity index (χ3n) is 2.49. The van der Waals surface area contributed by atoms with Gasteiger partial charge >= 0.3 is 11.7 Å². The number of nitro groups is 1. The zero-order chi connectivity index (χ0) is 15.4. The number of hydrogen-bond donors (Lipinski definition) is 1. The van der Waals surface area contributed by atoms with Gasteiger partial charge in [-0.1, -0.05) is 0 Å². The molecular formula is C11H10F2N2O5. The summed E-state index contributed by atoms with van der Waals surface area (Å²) in [6.45, 7) is -0.282. The first-order chi connectivity index (χ1) is 9.25. The van der Waals surface area contributed by atoms with Crippen molar-refractivity contribution >= 4 is 17.6 Å². The lowest BCUT2D eigenvalue weighted by Crippen LogP contribution is -2.30. The fourth-order valence-electron chi connectivity index (χ4n) is 1.43. The van der Waals surface area contributed by atoms with E-state index in [4.69, 9.17) is 5.11 Å². The van der Waals surface area contributed by atoms with E-state index in [1.165, 1.54) is 0 Å². The molecule has 1 rings (SSSR count). The number of hydrogen-bond acceptors (Lipinski definition) is 4. The Bertz CT molecular complexity index is 576. The van der Waals surface area contributed by atoms with Crippen LogP contribution in [0.4, 0.5) is 14.5 Å². The molecule has 0 spiro atoms. The molecule has 1 aromatic rings. The van der Waals surface area contributed by atoms with Gasteiger partial charge in [-0.25, -0.2) is 4.39 Å². The quantitative estimate of drug-likeness (QED) is 0.652. The number of nitrogens with zero attached hydrogens (tertiary/aromatic N) is 2. The third kappa shape index (κ3) is 3.25. The van der Waals surface area contributed by atoms with Crippen molar-refractivity contribution in [2.24, 2.45) is 0 Å². The molecule has 20 heavy (non-hydrogen) atoms. The van der Waals surface area contributed by atoms with E-state index in [9.17, 15) is 28.5 Å². The van der Waals surface area contributed by atoms with Gasteiger partial charge in [0.1, 0.15) is 11.4 Å². The average molecular weight is 288 g/mol. The van der Waals surface area contributed by atoms with E-state index in [0.29, 0.717) is 12.1 Å². The monoisotopic (exact) mass is 288 g/mol. The van der Waals surface area contributed by atoms with E-state index in [1.807, 2.05) is 0 Å². The zero-order valence-electron chi connectivity index (χ0n) is 10.3. The van der Waals surface area contributed by atoms with E-state index in [2.05, 4.69) is 0 Å². The summed E-state index contributed by atoms with van der Waals surface area (Å²) in [5.74, 6) is -5.18. The molecular weight excluding hydrogens is 278 g/mol. The van der Waals surface area contributed by atoms with Gasteiger partial charge in [0, 0.05) is 19.7 Å². The van der Waals surface area contributed by atoms with Gasteiger partial charge in [0.05, 0.1) is 11.3 Å². The molecule has 0 aliphatic carbocycles. The fourth-order valence-corrected chi connectivity index (χ4v) is 1.43. The molecule has 0 atom stereocenters. The summed E-state index contributed by atoms with van der Waals surface area (Å²) in [5.41, 5.74) is -2.10. The second-order valence-corrected chi connectivity index (χ2v) is 3.88. The van der Waals surface area contributed by atoms with Gasteiger partial charge in [-0.15, -0.1) is 0 Å². The van der Waals surface area contributed by atoms with Crippen LogP contribution < -0.4 is 0 Å². The number of benzene rings is 1. The number of halogens is 2. The highest BCUT2D eigenvalue weighted by Gasteiger charge is 2.28. The molecule has 0 unspecified atom stereocenters.